The van der Waals surface area contributed by atoms with Crippen LogP contribution in [0.5, 0.6) is 0 Å². The lowest BCUT2D eigenvalue weighted by Crippen LogP contribution is -2.50. The molecule has 1 unspecified atom stereocenters. The fourth-order valence-electron chi connectivity index (χ4n) is 5.66. The van der Waals surface area contributed by atoms with Crippen LogP contribution in [0.2, 0.25) is 0 Å². The standard InChI is InChI=1S/C25H40N4O/c1-27(2)24-14-17-29(19-24)23-10-8-22(9-11-23)26-25(30)28-15-12-21(13-16-28)18-20-6-4-3-5-7-20/h3-7,21-24H,8-19H2,1-2H3,(H,26,30). The highest BCUT2D eigenvalue weighted by molar-refractivity contribution is 5.74. The van der Waals surface area contributed by atoms with Gasteiger partial charge < -0.3 is 15.1 Å². The van der Waals surface area contributed by atoms with Gasteiger partial charge in [0.25, 0.3) is 0 Å². The zero-order valence-corrected chi connectivity index (χ0v) is 18.9. The maximum absolute atomic E-state index is 12.8. The summed E-state index contributed by atoms with van der Waals surface area (Å²) in [6, 6.07) is 12.7. The van der Waals surface area contributed by atoms with Crippen molar-refractivity contribution in [2.45, 2.75) is 69.5 Å². The van der Waals surface area contributed by atoms with Gasteiger partial charge in [-0.05, 0) is 76.9 Å². The molecule has 1 aromatic carbocycles. The number of likely N-dealkylation sites (tertiary alicyclic amines) is 2. The number of benzene rings is 1. The van der Waals surface area contributed by atoms with Crippen molar-refractivity contribution in [1.82, 2.24) is 20.0 Å². The number of likely N-dealkylation sites (N-methyl/N-ethyl adjacent to an activating group) is 1. The molecule has 3 fully saturated rings. The minimum Gasteiger partial charge on any atom is -0.335 e. The monoisotopic (exact) mass is 412 g/mol. The van der Waals surface area contributed by atoms with E-state index in [1.165, 1.54) is 37.9 Å². The molecule has 1 N–H and O–H groups in total. The molecule has 0 radical (unpaired) electrons. The molecule has 4 rings (SSSR count). The van der Waals surface area contributed by atoms with E-state index in [1.807, 2.05) is 0 Å². The van der Waals surface area contributed by atoms with Crippen molar-refractivity contribution in [2.24, 2.45) is 5.92 Å². The second kappa shape index (κ2) is 10.1. The Labute approximate surface area is 182 Å². The molecular formula is C25H40N4O. The molecule has 3 aliphatic rings. The van der Waals surface area contributed by atoms with E-state index in [1.54, 1.807) is 0 Å². The lowest BCUT2D eigenvalue weighted by atomic mass is 9.89. The first kappa shape index (κ1) is 21.6. The van der Waals surface area contributed by atoms with E-state index in [0.717, 1.165) is 51.2 Å². The van der Waals surface area contributed by atoms with Gasteiger partial charge in [0.2, 0.25) is 0 Å². The highest BCUT2D eigenvalue weighted by Gasteiger charge is 2.33. The van der Waals surface area contributed by atoms with Crippen LogP contribution in [-0.4, -0.2) is 79.1 Å². The van der Waals surface area contributed by atoms with E-state index < -0.39 is 0 Å². The van der Waals surface area contributed by atoms with E-state index in [0.29, 0.717) is 18.0 Å². The van der Waals surface area contributed by atoms with Crippen LogP contribution in [0.3, 0.4) is 0 Å². The highest BCUT2D eigenvalue weighted by atomic mass is 16.2. The first-order chi connectivity index (χ1) is 14.6. The summed E-state index contributed by atoms with van der Waals surface area (Å²) in [4.78, 5) is 19.9. The number of nitrogens with zero attached hydrogens (tertiary/aromatic N) is 3. The number of carbonyl (C=O) groups excluding carboxylic acids is 1. The highest BCUT2D eigenvalue weighted by Crippen LogP contribution is 2.28. The predicted molar refractivity (Wildman–Crippen MR) is 123 cm³/mol. The zero-order valence-electron chi connectivity index (χ0n) is 18.9. The van der Waals surface area contributed by atoms with Gasteiger partial charge in [0.15, 0.2) is 0 Å². The zero-order chi connectivity index (χ0) is 20.9. The summed E-state index contributed by atoms with van der Waals surface area (Å²) in [7, 11) is 4.40. The fraction of sp³-hybridized carbons (Fsp3) is 0.720. The average Bonchev–Trinajstić information content (AvgIpc) is 3.26. The maximum Gasteiger partial charge on any atom is 0.317 e. The molecule has 1 atom stereocenters. The van der Waals surface area contributed by atoms with Crippen molar-refractivity contribution in [3.05, 3.63) is 35.9 Å². The predicted octanol–water partition coefficient (Wildman–Crippen LogP) is 3.60. The van der Waals surface area contributed by atoms with E-state index in [-0.39, 0.29) is 6.03 Å². The molecule has 5 heteroatoms. The third-order valence-electron chi connectivity index (χ3n) is 7.73. The molecule has 30 heavy (non-hydrogen) atoms. The van der Waals surface area contributed by atoms with Crippen LogP contribution in [0.1, 0.15) is 50.5 Å². The van der Waals surface area contributed by atoms with E-state index in [2.05, 4.69) is 64.4 Å². The van der Waals surface area contributed by atoms with Gasteiger partial charge in [0.1, 0.15) is 0 Å². The van der Waals surface area contributed by atoms with Gasteiger partial charge in [-0.25, -0.2) is 4.79 Å². The fourth-order valence-corrected chi connectivity index (χ4v) is 5.66. The van der Waals surface area contributed by atoms with Gasteiger partial charge in [-0.2, -0.15) is 0 Å². The topological polar surface area (TPSA) is 38.8 Å². The third-order valence-corrected chi connectivity index (χ3v) is 7.73. The number of hydrogen-bond donors (Lipinski definition) is 1. The summed E-state index contributed by atoms with van der Waals surface area (Å²) < 4.78 is 0. The Morgan fingerprint density at radius 3 is 2.30 bits per heavy atom. The lowest BCUT2D eigenvalue weighted by molar-refractivity contribution is 0.146. The van der Waals surface area contributed by atoms with Crippen LogP contribution < -0.4 is 5.32 Å². The summed E-state index contributed by atoms with van der Waals surface area (Å²) in [5, 5.41) is 3.35. The largest absolute Gasteiger partial charge is 0.335 e. The minimum absolute atomic E-state index is 0.172. The summed E-state index contributed by atoms with van der Waals surface area (Å²) >= 11 is 0. The van der Waals surface area contributed by atoms with E-state index >= 15 is 0 Å². The van der Waals surface area contributed by atoms with Crippen LogP contribution in [0.15, 0.2) is 30.3 Å². The van der Waals surface area contributed by atoms with Gasteiger partial charge in [0.05, 0.1) is 0 Å². The van der Waals surface area contributed by atoms with Gasteiger partial charge in [0, 0.05) is 44.3 Å². The molecule has 2 heterocycles. The number of piperidine rings is 1. The molecule has 2 amide bonds. The van der Waals surface area contributed by atoms with Crippen LogP contribution >= 0.6 is 0 Å². The quantitative estimate of drug-likeness (QED) is 0.803. The van der Waals surface area contributed by atoms with Gasteiger partial charge in [-0.15, -0.1) is 0 Å². The number of urea groups is 1. The smallest absolute Gasteiger partial charge is 0.317 e. The van der Waals surface area contributed by atoms with E-state index in [4.69, 9.17) is 0 Å². The van der Waals surface area contributed by atoms with Crippen molar-refractivity contribution < 1.29 is 4.79 Å². The van der Waals surface area contributed by atoms with Crippen LogP contribution in [0.4, 0.5) is 4.79 Å². The van der Waals surface area contributed by atoms with E-state index in [9.17, 15) is 4.79 Å². The number of amides is 2. The summed E-state index contributed by atoms with van der Waals surface area (Å²) in [5.41, 5.74) is 1.42. The molecule has 166 valence electrons. The first-order valence-electron chi connectivity index (χ1n) is 12.1. The third kappa shape index (κ3) is 5.55. The first-order valence-corrected chi connectivity index (χ1v) is 12.1. The molecule has 2 saturated heterocycles. The summed E-state index contributed by atoms with van der Waals surface area (Å²) in [6.07, 6.45) is 9.39. The number of nitrogens with one attached hydrogen (secondary N) is 1. The normalized spacial score (nSPS) is 28.8. The second-order valence-electron chi connectivity index (χ2n) is 9.98. The Morgan fingerprint density at radius 1 is 0.967 bits per heavy atom. The van der Waals surface area contributed by atoms with Crippen molar-refractivity contribution in [3.63, 3.8) is 0 Å². The number of rotatable bonds is 5. The molecule has 2 aliphatic heterocycles. The van der Waals surface area contributed by atoms with Crippen molar-refractivity contribution in [2.75, 3.05) is 40.3 Å². The second-order valence-corrected chi connectivity index (χ2v) is 9.98. The van der Waals surface area contributed by atoms with Crippen molar-refractivity contribution in [3.8, 4) is 0 Å². The number of carbonyl (C=O) groups is 1. The molecule has 0 spiro atoms. The molecule has 0 aromatic heterocycles. The molecular weight excluding hydrogens is 372 g/mol. The Kier molecular flexibility index (Phi) is 7.32. The van der Waals surface area contributed by atoms with Crippen molar-refractivity contribution >= 4 is 6.03 Å². The SMILES string of the molecule is CN(C)C1CCN(C2CCC(NC(=O)N3CCC(Cc4ccccc4)CC3)CC2)C1. The molecule has 1 saturated carbocycles. The van der Waals surface area contributed by atoms with Crippen LogP contribution in [-0.2, 0) is 6.42 Å². The summed E-state index contributed by atoms with van der Waals surface area (Å²) in [6.45, 7) is 4.26. The molecule has 5 nitrogen and oxygen atoms in total. The Hall–Kier alpha value is -1.59. The Bertz CT molecular complexity index is 663. The van der Waals surface area contributed by atoms with Gasteiger partial charge in [-0.3, -0.25) is 4.90 Å². The van der Waals surface area contributed by atoms with Gasteiger partial charge >= 0.3 is 6.03 Å². The molecule has 0 bridgehead atoms. The number of hydrogen-bond acceptors (Lipinski definition) is 3. The van der Waals surface area contributed by atoms with Crippen molar-refractivity contribution in [1.29, 1.82) is 0 Å². The van der Waals surface area contributed by atoms with Crippen LogP contribution in [0.25, 0.3) is 0 Å². The molecule has 1 aromatic rings. The minimum atomic E-state index is 0.172. The Balaban J connectivity index is 1.15. The lowest BCUT2D eigenvalue weighted by Gasteiger charge is -2.37. The van der Waals surface area contributed by atoms with Gasteiger partial charge in [-0.1, -0.05) is 30.3 Å². The van der Waals surface area contributed by atoms with Crippen LogP contribution in [0, 0.1) is 5.92 Å². The average molecular weight is 413 g/mol. The molecule has 1 aliphatic carbocycles. The Morgan fingerprint density at radius 2 is 1.67 bits per heavy atom. The maximum atomic E-state index is 12.8. The summed E-state index contributed by atoms with van der Waals surface area (Å²) in [5.74, 6) is 0.707.